The Bertz CT molecular complexity index is 108. The topological polar surface area (TPSA) is 49.8 Å². The van der Waals surface area contributed by atoms with Crippen molar-refractivity contribution in [1.82, 2.24) is 4.90 Å². The van der Waals surface area contributed by atoms with Gasteiger partial charge in [-0.25, -0.2) is 0 Å². The Morgan fingerprint density at radius 3 is 2.82 bits per heavy atom. The van der Waals surface area contributed by atoms with Gasteiger partial charge >= 0.3 is 0 Å². The van der Waals surface area contributed by atoms with Crippen LogP contribution in [0.25, 0.3) is 0 Å². The molecule has 0 heterocycles. The summed E-state index contributed by atoms with van der Waals surface area (Å²) in [4.78, 5) is 11.7. The highest BCUT2D eigenvalue weighted by atomic mass is 16.5. The molecule has 0 aliphatic carbocycles. The summed E-state index contributed by atoms with van der Waals surface area (Å²) in [7, 11) is 3.30. The Balaban J connectivity index is 3.39. The van der Waals surface area contributed by atoms with Gasteiger partial charge in [0.25, 0.3) is 0 Å². The van der Waals surface area contributed by atoms with Gasteiger partial charge in [0, 0.05) is 13.7 Å². The van der Waals surface area contributed by atoms with Crippen LogP contribution >= 0.6 is 0 Å². The van der Waals surface area contributed by atoms with Gasteiger partial charge < -0.3 is 14.6 Å². The molecule has 0 rings (SSSR count). The van der Waals surface area contributed by atoms with Crippen molar-refractivity contribution in [2.75, 3.05) is 33.9 Å². The summed E-state index contributed by atoms with van der Waals surface area (Å²) in [5.74, 6) is 0. The average molecular weight is 161 g/mol. The van der Waals surface area contributed by atoms with E-state index in [1.54, 1.807) is 11.9 Å². The van der Waals surface area contributed by atoms with Gasteiger partial charge in [-0.15, -0.1) is 0 Å². The zero-order valence-corrected chi connectivity index (χ0v) is 6.99. The van der Waals surface area contributed by atoms with E-state index in [0.717, 1.165) is 6.29 Å². The van der Waals surface area contributed by atoms with Crippen LogP contribution in [-0.4, -0.2) is 56.3 Å². The van der Waals surface area contributed by atoms with E-state index >= 15 is 0 Å². The van der Waals surface area contributed by atoms with E-state index in [1.807, 2.05) is 0 Å². The van der Waals surface area contributed by atoms with Gasteiger partial charge in [-0.3, -0.25) is 4.90 Å². The molecule has 4 heteroatoms. The minimum Gasteiger partial charge on any atom is -0.389 e. The number of rotatable bonds is 6. The van der Waals surface area contributed by atoms with Crippen molar-refractivity contribution in [2.45, 2.75) is 6.10 Å². The lowest BCUT2D eigenvalue weighted by atomic mass is 10.3. The van der Waals surface area contributed by atoms with Gasteiger partial charge in [-0.05, 0) is 7.05 Å². The van der Waals surface area contributed by atoms with Crippen LogP contribution < -0.4 is 0 Å². The first kappa shape index (κ1) is 10.6. The average Bonchev–Trinajstić information content (AvgIpc) is 1.87. The molecule has 4 nitrogen and oxygen atoms in total. The van der Waals surface area contributed by atoms with Crippen molar-refractivity contribution in [3.63, 3.8) is 0 Å². The van der Waals surface area contributed by atoms with E-state index < -0.39 is 6.10 Å². The maximum Gasteiger partial charge on any atom is 0.133 e. The molecule has 0 amide bonds. The molecule has 0 aromatic rings. The SMILES string of the molecule is COCC(O)CN(C)CC=O. The van der Waals surface area contributed by atoms with E-state index in [-0.39, 0.29) is 0 Å². The lowest BCUT2D eigenvalue weighted by Crippen LogP contribution is -2.32. The van der Waals surface area contributed by atoms with Crippen LogP contribution in [-0.2, 0) is 9.53 Å². The third kappa shape index (κ3) is 5.97. The molecular weight excluding hydrogens is 146 g/mol. The highest BCUT2D eigenvalue weighted by molar-refractivity contribution is 5.51. The molecule has 0 aliphatic heterocycles. The minimum atomic E-state index is -0.509. The monoisotopic (exact) mass is 161 g/mol. The van der Waals surface area contributed by atoms with Gasteiger partial charge in [-0.1, -0.05) is 0 Å². The zero-order valence-electron chi connectivity index (χ0n) is 6.99. The van der Waals surface area contributed by atoms with Gasteiger partial charge in [0.05, 0.1) is 19.3 Å². The fourth-order valence-corrected chi connectivity index (χ4v) is 0.807. The number of aldehydes is 1. The molecule has 0 radical (unpaired) electrons. The number of nitrogens with zero attached hydrogens (tertiary/aromatic N) is 1. The van der Waals surface area contributed by atoms with Crippen molar-refractivity contribution in [1.29, 1.82) is 0 Å². The molecule has 1 N–H and O–H groups in total. The number of aliphatic hydroxyl groups excluding tert-OH is 1. The Morgan fingerprint density at radius 1 is 1.73 bits per heavy atom. The van der Waals surface area contributed by atoms with E-state index in [0.29, 0.717) is 19.7 Å². The second-order valence-corrected chi connectivity index (χ2v) is 2.50. The summed E-state index contributed by atoms with van der Waals surface area (Å²) in [5.41, 5.74) is 0. The van der Waals surface area contributed by atoms with Crippen molar-refractivity contribution in [3.8, 4) is 0 Å². The number of likely N-dealkylation sites (N-methyl/N-ethyl adjacent to an activating group) is 1. The molecule has 66 valence electrons. The maximum atomic E-state index is 10.0. The van der Waals surface area contributed by atoms with Crippen molar-refractivity contribution >= 4 is 6.29 Å². The van der Waals surface area contributed by atoms with Crippen molar-refractivity contribution < 1.29 is 14.6 Å². The van der Waals surface area contributed by atoms with Crippen LogP contribution in [0.15, 0.2) is 0 Å². The largest absolute Gasteiger partial charge is 0.389 e. The number of methoxy groups -OCH3 is 1. The van der Waals surface area contributed by atoms with Crippen LogP contribution in [0.4, 0.5) is 0 Å². The Labute approximate surface area is 66.8 Å². The lowest BCUT2D eigenvalue weighted by Gasteiger charge is -2.16. The quantitative estimate of drug-likeness (QED) is 0.514. The molecule has 1 unspecified atom stereocenters. The zero-order chi connectivity index (χ0) is 8.69. The predicted octanol–water partition coefficient (Wildman–Crippen LogP) is -0.876. The van der Waals surface area contributed by atoms with Crippen LogP contribution in [0.2, 0.25) is 0 Å². The molecule has 0 saturated heterocycles. The van der Waals surface area contributed by atoms with Crippen LogP contribution in [0.3, 0.4) is 0 Å². The molecular formula is C7H15NO3. The highest BCUT2D eigenvalue weighted by Gasteiger charge is 2.06. The summed E-state index contributed by atoms with van der Waals surface area (Å²) < 4.78 is 4.72. The summed E-state index contributed by atoms with van der Waals surface area (Å²) in [6.45, 7) is 1.12. The second-order valence-electron chi connectivity index (χ2n) is 2.50. The van der Waals surface area contributed by atoms with Gasteiger partial charge in [0.1, 0.15) is 6.29 Å². The molecule has 0 saturated carbocycles. The van der Waals surface area contributed by atoms with Gasteiger partial charge in [0.2, 0.25) is 0 Å². The van der Waals surface area contributed by atoms with Gasteiger partial charge in [0.15, 0.2) is 0 Å². The highest BCUT2D eigenvalue weighted by Crippen LogP contribution is 1.87. The van der Waals surface area contributed by atoms with E-state index in [4.69, 9.17) is 9.84 Å². The first-order valence-corrected chi connectivity index (χ1v) is 3.50. The smallest absolute Gasteiger partial charge is 0.133 e. The number of carbonyl (C=O) groups excluding carboxylic acids is 1. The maximum absolute atomic E-state index is 10.0. The molecule has 1 atom stereocenters. The summed E-state index contributed by atoms with van der Waals surface area (Å²) in [6, 6.07) is 0. The molecule has 11 heavy (non-hydrogen) atoms. The van der Waals surface area contributed by atoms with Crippen LogP contribution in [0.5, 0.6) is 0 Å². The first-order valence-electron chi connectivity index (χ1n) is 3.50. The Morgan fingerprint density at radius 2 is 2.36 bits per heavy atom. The number of aliphatic hydroxyl groups is 1. The van der Waals surface area contributed by atoms with E-state index in [9.17, 15) is 4.79 Å². The molecule has 0 aromatic carbocycles. The molecule has 0 aromatic heterocycles. The van der Waals surface area contributed by atoms with E-state index in [1.165, 1.54) is 7.11 Å². The van der Waals surface area contributed by atoms with Crippen LogP contribution in [0.1, 0.15) is 0 Å². The third-order valence-electron chi connectivity index (χ3n) is 1.27. The number of carbonyl (C=O) groups is 1. The normalized spacial score (nSPS) is 13.5. The van der Waals surface area contributed by atoms with Crippen molar-refractivity contribution in [2.24, 2.45) is 0 Å². The Kier molecular flexibility index (Phi) is 6.02. The molecule has 0 bridgehead atoms. The summed E-state index contributed by atoms with van der Waals surface area (Å²) in [6.07, 6.45) is 0.296. The molecule has 0 spiro atoms. The fourth-order valence-electron chi connectivity index (χ4n) is 0.807. The Hall–Kier alpha value is -0.450. The van der Waals surface area contributed by atoms with E-state index in [2.05, 4.69) is 0 Å². The van der Waals surface area contributed by atoms with Crippen LogP contribution in [0, 0.1) is 0 Å². The summed E-state index contributed by atoms with van der Waals surface area (Å²) >= 11 is 0. The minimum absolute atomic E-state index is 0.309. The second kappa shape index (κ2) is 6.27. The third-order valence-corrected chi connectivity index (χ3v) is 1.27. The fraction of sp³-hybridized carbons (Fsp3) is 0.857. The number of hydrogen-bond donors (Lipinski definition) is 1. The predicted molar refractivity (Wildman–Crippen MR) is 41.4 cm³/mol. The lowest BCUT2D eigenvalue weighted by molar-refractivity contribution is -0.108. The molecule has 0 fully saturated rings. The number of ether oxygens (including phenoxy) is 1. The number of hydrogen-bond acceptors (Lipinski definition) is 4. The standard InChI is InChI=1S/C7H15NO3/c1-8(3-4-9)5-7(10)6-11-2/h4,7,10H,3,5-6H2,1-2H3. The van der Waals surface area contributed by atoms with Crippen molar-refractivity contribution in [3.05, 3.63) is 0 Å². The summed E-state index contributed by atoms with van der Waals surface area (Å²) in [5, 5.41) is 9.16. The molecule has 0 aliphatic rings. The first-order chi connectivity index (χ1) is 5.20. The van der Waals surface area contributed by atoms with Gasteiger partial charge in [-0.2, -0.15) is 0 Å².